The van der Waals surface area contributed by atoms with Gasteiger partial charge in [-0.25, -0.2) is 0 Å². The molecule has 1 aromatic carbocycles. The van der Waals surface area contributed by atoms with Gasteiger partial charge in [0.25, 0.3) is 0 Å². The van der Waals surface area contributed by atoms with Crippen molar-refractivity contribution in [1.82, 2.24) is 5.32 Å². The lowest BCUT2D eigenvalue weighted by atomic mass is 10.2. The van der Waals surface area contributed by atoms with Crippen molar-refractivity contribution in [3.05, 3.63) is 29.3 Å². The van der Waals surface area contributed by atoms with Crippen LogP contribution in [0.1, 0.15) is 0 Å². The van der Waals surface area contributed by atoms with Crippen LogP contribution >= 0.6 is 11.6 Å². The van der Waals surface area contributed by atoms with Gasteiger partial charge < -0.3 is 15.0 Å². The number of esters is 1. The number of rotatable bonds is 2. The Kier molecular flexibility index (Phi) is 3.86. The predicted molar refractivity (Wildman–Crippen MR) is 67.5 cm³/mol. The Morgan fingerprint density at radius 1 is 1.59 bits per heavy atom. The molecule has 5 heteroatoms. The zero-order valence-corrected chi connectivity index (χ0v) is 10.4. The number of hydrogen-bond donors (Lipinski definition) is 1. The number of piperazine rings is 1. The van der Waals surface area contributed by atoms with Crippen LogP contribution in [0.4, 0.5) is 5.69 Å². The predicted octanol–water partition coefficient (Wildman–Crippen LogP) is 1.29. The second kappa shape index (κ2) is 5.38. The van der Waals surface area contributed by atoms with Crippen LogP contribution in [-0.2, 0) is 9.53 Å². The first-order valence-electron chi connectivity index (χ1n) is 5.52. The van der Waals surface area contributed by atoms with Gasteiger partial charge in [-0.1, -0.05) is 17.7 Å². The number of methoxy groups -OCH3 is 1. The summed E-state index contributed by atoms with van der Waals surface area (Å²) < 4.78 is 4.74. The lowest BCUT2D eigenvalue weighted by Crippen LogP contribution is -2.54. The number of halogens is 1. The summed E-state index contributed by atoms with van der Waals surface area (Å²) >= 11 is 5.96. The van der Waals surface area contributed by atoms with E-state index in [2.05, 4.69) is 10.2 Å². The molecule has 0 aromatic heterocycles. The maximum atomic E-state index is 11.5. The minimum absolute atomic E-state index is 0.225. The highest BCUT2D eigenvalue weighted by Gasteiger charge is 2.25. The van der Waals surface area contributed by atoms with Gasteiger partial charge >= 0.3 is 5.97 Å². The number of carbonyl (C=O) groups excluding carboxylic acids is 1. The number of nitrogens with one attached hydrogen (secondary N) is 1. The maximum Gasteiger partial charge on any atom is 0.324 e. The zero-order valence-electron chi connectivity index (χ0n) is 9.65. The van der Waals surface area contributed by atoms with Crippen LogP contribution in [0.15, 0.2) is 24.3 Å². The first-order valence-corrected chi connectivity index (χ1v) is 5.90. The van der Waals surface area contributed by atoms with Crippen LogP contribution in [0.5, 0.6) is 0 Å². The van der Waals surface area contributed by atoms with E-state index in [0.29, 0.717) is 11.6 Å². The summed E-state index contributed by atoms with van der Waals surface area (Å²) in [5, 5.41) is 3.84. The van der Waals surface area contributed by atoms with Gasteiger partial charge in [-0.15, -0.1) is 0 Å². The average molecular weight is 255 g/mol. The Balaban J connectivity index is 2.09. The van der Waals surface area contributed by atoms with Gasteiger partial charge in [-0.05, 0) is 18.2 Å². The van der Waals surface area contributed by atoms with E-state index in [9.17, 15) is 4.79 Å². The number of benzene rings is 1. The largest absolute Gasteiger partial charge is 0.468 e. The molecular weight excluding hydrogens is 240 g/mol. The smallest absolute Gasteiger partial charge is 0.324 e. The van der Waals surface area contributed by atoms with Crippen LogP contribution in [0.2, 0.25) is 5.02 Å². The van der Waals surface area contributed by atoms with Crippen LogP contribution < -0.4 is 10.2 Å². The number of nitrogens with zero attached hydrogens (tertiary/aromatic N) is 1. The highest BCUT2D eigenvalue weighted by atomic mass is 35.5. The quantitative estimate of drug-likeness (QED) is 0.808. The van der Waals surface area contributed by atoms with Crippen molar-refractivity contribution < 1.29 is 9.53 Å². The van der Waals surface area contributed by atoms with E-state index in [4.69, 9.17) is 16.3 Å². The summed E-state index contributed by atoms with van der Waals surface area (Å²) in [6.45, 7) is 2.22. The van der Waals surface area contributed by atoms with E-state index in [1.807, 2.05) is 24.3 Å². The molecule has 0 aliphatic carbocycles. The molecule has 92 valence electrons. The molecule has 1 N–H and O–H groups in total. The molecule has 1 heterocycles. The molecule has 1 aliphatic heterocycles. The number of ether oxygens (including phenoxy) is 1. The average Bonchev–Trinajstić information content (AvgIpc) is 2.38. The molecular formula is C12H15ClN2O2. The standard InChI is InChI=1S/C12H15ClN2O2/c1-17-12(16)11-8-15(6-5-14-11)10-4-2-3-9(13)7-10/h2-4,7,11,14H,5-6,8H2,1H3. The van der Waals surface area contributed by atoms with Gasteiger partial charge in [0.1, 0.15) is 6.04 Å². The number of carbonyl (C=O) groups is 1. The maximum absolute atomic E-state index is 11.5. The summed E-state index contributed by atoms with van der Waals surface area (Å²) in [5.74, 6) is -0.225. The summed E-state index contributed by atoms with van der Waals surface area (Å²) in [4.78, 5) is 13.6. The van der Waals surface area contributed by atoms with Crippen LogP contribution in [0.25, 0.3) is 0 Å². The van der Waals surface area contributed by atoms with Gasteiger partial charge in [0, 0.05) is 30.3 Å². The number of anilines is 1. The first kappa shape index (κ1) is 12.2. The third kappa shape index (κ3) is 2.90. The van der Waals surface area contributed by atoms with Crippen LogP contribution in [0.3, 0.4) is 0 Å². The molecule has 1 atom stereocenters. The van der Waals surface area contributed by atoms with Gasteiger partial charge in [0.05, 0.1) is 7.11 Å². The van der Waals surface area contributed by atoms with E-state index in [1.54, 1.807) is 0 Å². The minimum atomic E-state index is -0.271. The van der Waals surface area contributed by atoms with Crippen molar-refractivity contribution in [2.45, 2.75) is 6.04 Å². The van der Waals surface area contributed by atoms with E-state index >= 15 is 0 Å². The molecule has 1 fully saturated rings. The highest BCUT2D eigenvalue weighted by molar-refractivity contribution is 6.30. The summed E-state index contributed by atoms with van der Waals surface area (Å²) in [7, 11) is 1.41. The molecule has 2 rings (SSSR count). The zero-order chi connectivity index (χ0) is 12.3. The van der Waals surface area contributed by atoms with E-state index < -0.39 is 0 Å². The van der Waals surface area contributed by atoms with Gasteiger partial charge in [-0.3, -0.25) is 4.79 Å². The normalized spacial score (nSPS) is 20.1. The van der Waals surface area contributed by atoms with Crippen molar-refractivity contribution in [2.24, 2.45) is 0 Å². The lowest BCUT2D eigenvalue weighted by molar-refractivity contribution is -0.143. The molecule has 0 saturated carbocycles. The van der Waals surface area contributed by atoms with Crippen molar-refractivity contribution in [3.63, 3.8) is 0 Å². The van der Waals surface area contributed by atoms with E-state index in [1.165, 1.54) is 7.11 Å². The first-order chi connectivity index (χ1) is 8.20. The molecule has 0 amide bonds. The summed E-state index contributed by atoms with van der Waals surface area (Å²) in [6.07, 6.45) is 0. The van der Waals surface area contributed by atoms with Crippen molar-refractivity contribution >= 4 is 23.3 Å². The molecule has 4 nitrogen and oxygen atoms in total. The molecule has 1 saturated heterocycles. The molecule has 0 spiro atoms. The minimum Gasteiger partial charge on any atom is -0.468 e. The Morgan fingerprint density at radius 2 is 2.41 bits per heavy atom. The summed E-state index contributed by atoms with van der Waals surface area (Å²) in [5.41, 5.74) is 1.04. The Bertz CT molecular complexity index is 411. The van der Waals surface area contributed by atoms with Crippen molar-refractivity contribution in [2.75, 3.05) is 31.6 Å². The van der Waals surface area contributed by atoms with Crippen molar-refractivity contribution in [3.8, 4) is 0 Å². The molecule has 1 aliphatic rings. The third-order valence-corrected chi connectivity index (χ3v) is 3.07. The Labute approximate surface area is 106 Å². The topological polar surface area (TPSA) is 41.6 Å². The fourth-order valence-electron chi connectivity index (χ4n) is 1.96. The van der Waals surface area contributed by atoms with Gasteiger partial charge in [0.15, 0.2) is 0 Å². The molecule has 1 aromatic rings. The lowest BCUT2D eigenvalue weighted by Gasteiger charge is -2.33. The molecule has 1 unspecified atom stereocenters. The van der Waals surface area contributed by atoms with Gasteiger partial charge in [0.2, 0.25) is 0 Å². The molecule has 0 bridgehead atoms. The fourth-order valence-corrected chi connectivity index (χ4v) is 2.14. The monoisotopic (exact) mass is 254 g/mol. The van der Waals surface area contributed by atoms with E-state index in [0.717, 1.165) is 18.8 Å². The Hall–Kier alpha value is -1.26. The van der Waals surface area contributed by atoms with Crippen LogP contribution in [-0.4, -0.2) is 38.8 Å². The third-order valence-electron chi connectivity index (χ3n) is 2.83. The molecule has 0 radical (unpaired) electrons. The van der Waals surface area contributed by atoms with Gasteiger partial charge in [-0.2, -0.15) is 0 Å². The van der Waals surface area contributed by atoms with Crippen LogP contribution in [0, 0.1) is 0 Å². The molecule has 17 heavy (non-hydrogen) atoms. The fraction of sp³-hybridized carbons (Fsp3) is 0.417. The second-order valence-electron chi connectivity index (χ2n) is 3.96. The van der Waals surface area contributed by atoms with Crippen molar-refractivity contribution in [1.29, 1.82) is 0 Å². The summed E-state index contributed by atoms with van der Waals surface area (Å²) in [6, 6.07) is 7.37. The van der Waals surface area contributed by atoms with E-state index in [-0.39, 0.29) is 12.0 Å². The highest BCUT2D eigenvalue weighted by Crippen LogP contribution is 2.20. The number of hydrogen-bond acceptors (Lipinski definition) is 4. The Morgan fingerprint density at radius 3 is 3.12 bits per heavy atom. The second-order valence-corrected chi connectivity index (χ2v) is 4.39. The SMILES string of the molecule is COC(=O)C1CN(c2cccc(Cl)c2)CCN1.